The molecule has 0 amide bonds. The second-order valence-corrected chi connectivity index (χ2v) is 17.5. The molecule has 2 bridgehead atoms. The van der Waals surface area contributed by atoms with Gasteiger partial charge in [-0.2, -0.15) is 0 Å². The van der Waals surface area contributed by atoms with E-state index in [0.29, 0.717) is 50.1 Å². The molecule has 2 heterocycles. The highest BCUT2D eigenvalue weighted by atomic mass is 16.5. The fourth-order valence-corrected chi connectivity index (χ4v) is 12.3. The zero-order chi connectivity index (χ0) is 31.9. The average Bonchev–Trinajstić information content (AvgIpc) is 2.96. The minimum Gasteiger partial charge on any atom is -0.481 e. The average molecular weight is 616 g/mol. The molecule has 0 radical (unpaired) electrons. The van der Waals surface area contributed by atoms with Gasteiger partial charge in [-0.15, -0.1) is 0 Å². The lowest BCUT2D eigenvalue weighted by molar-refractivity contribution is -0.270. The van der Waals surface area contributed by atoms with Gasteiger partial charge in [-0.25, -0.2) is 0 Å². The van der Waals surface area contributed by atoms with Crippen molar-refractivity contribution >= 4 is 5.97 Å². The molecule has 250 valence electrons. The van der Waals surface area contributed by atoms with Crippen LogP contribution in [0, 0.1) is 56.7 Å². The van der Waals surface area contributed by atoms with Crippen LogP contribution in [0.4, 0.5) is 0 Å². The number of hydrogen-bond donors (Lipinski definition) is 2. The second-order valence-electron chi connectivity index (χ2n) is 17.5. The van der Waals surface area contributed by atoms with Gasteiger partial charge in [0, 0.05) is 36.7 Å². The van der Waals surface area contributed by atoms with Crippen LogP contribution in [-0.4, -0.2) is 69.0 Å². The topological polar surface area (TPSA) is 100 Å². The monoisotopic (exact) mass is 615 g/mol. The Kier molecular flexibility index (Phi) is 8.26. The van der Waals surface area contributed by atoms with Crippen LogP contribution < -0.4 is 5.73 Å². The van der Waals surface area contributed by atoms with Gasteiger partial charge in [-0.1, -0.05) is 60.1 Å². The Bertz CT molecular complexity index is 1150. The third-order valence-electron chi connectivity index (χ3n) is 15.4. The molecule has 11 atom stereocenters. The van der Waals surface area contributed by atoms with Gasteiger partial charge in [-0.3, -0.25) is 4.79 Å². The number of carbonyl (C=O) groups is 1. The molecule has 3 N–H and O–H groups in total. The van der Waals surface area contributed by atoms with E-state index in [0.717, 1.165) is 58.0 Å². The maximum Gasteiger partial charge on any atom is 0.307 e. The first-order valence-corrected chi connectivity index (χ1v) is 17.6. The van der Waals surface area contributed by atoms with Crippen molar-refractivity contribution in [3.8, 4) is 0 Å². The highest BCUT2D eigenvalue weighted by molar-refractivity contribution is 5.73. The number of ether oxygens (including phenoxy) is 4. The van der Waals surface area contributed by atoms with Gasteiger partial charge in [0.15, 0.2) is 0 Å². The largest absolute Gasteiger partial charge is 0.481 e. The van der Waals surface area contributed by atoms with Crippen molar-refractivity contribution in [2.45, 2.75) is 118 Å². The molecule has 7 heteroatoms. The van der Waals surface area contributed by atoms with E-state index in [4.69, 9.17) is 24.7 Å². The van der Waals surface area contributed by atoms with Gasteiger partial charge in [-0.05, 0) is 91.3 Å². The van der Waals surface area contributed by atoms with Gasteiger partial charge >= 0.3 is 5.97 Å². The summed E-state index contributed by atoms with van der Waals surface area (Å²) in [5.41, 5.74) is 7.06. The van der Waals surface area contributed by atoms with Crippen LogP contribution in [0.25, 0.3) is 0 Å². The first kappa shape index (κ1) is 32.9. The summed E-state index contributed by atoms with van der Waals surface area (Å²) in [5, 5.41) is 11.0. The van der Waals surface area contributed by atoms with E-state index in [1.165, 1.54) is 0 Å². The molecule has 7 nitrogen and oxygen atoms in total. The molecule has 0 aromatic heterocycles. The first-order chi connectivity index (χ1) is 20.6. The van der Waals surface area contributed by atoms with Crippen molar-refractivity contribution in [2.75, 3.05) is 40.1 Å². The summed E-state index contributed by atoms with van der Waals surface area (Å²) in [6.07, 6.45) is 9.97. The Morgan fingerprint density at radius 3 is 2.36 bits per heavy atom. The highest BCUT2D eigenvalue weighted by Gasteiger charge is 2.71. The molecule has 2 saturated heterocycles. The van der Waals surface area contributed by atoms with Gasteiger partial charge < -0.3 is 29.8 Å². The minimum absolute atomic E-state index is 0.0438. The van der Waals surface area contributed by atoms with Crippen LogP contribution in [0.2, 0.25) is 0 Å². The van der Waals surface area contributed by atoms with Crippen molar-refractivity contribution < 1.29 is 28.8 Å². The minimum atomic E-state index is -0.606. The number of methoxy groups -OCH3 is 1. The van der Waals surface area contributed by atoms with Crippen LogP contribution in [0.5, 0.6) is 0 Å². The molecule has 0 aromatic rings. The SMILES string of the molecule is CO[C@@H]1C[C@@]23COC[C@](C)([C@@H]2CC[C@H]2C3=CC[C@@]3(C)[C@H](C(=O)O)[C@@](C)([C@H](C)C(C)C)CC[C@]23C)[C@H]1OCC1(N)CCOCC1. The lowest BCUT2D eigenvalue weighted by Crippen LogP contribution is -2.70. The Morgan fingerprint density at radius 1 is 1.02 bits per heavy atom. The van der Waals surface area contributed by atoms with Gasteiger partial charge in [0.05, 0.1) is 37.9 Å². The molecule has 5 fully saturated rings. The molecule has 4 aliphatic carbocycles. The van der Waals surface area contributed by atoms with E-state index in [1.54, 1.807) is 5.57 Å². The van der Waals surface area contributed by atoms with Crippen LogP contribution in [0.3, 0.4) is 0 Å². The third kappa shape index (κ3) is 4.48. The van der Waals surface area contributed by atoms with Crippen LogP contribution in [-0.2, 0) is 23.7 Å². The first-order valence-electron chi connectivity index (χ1n) is 17.6. The fraction of sp³-hybridized carbons (Fsp3) is 0.919. The normalized spacial score (nSPS) is 48.9. The summed E-state index contributed by atoms with van der Waals surface area (Å²) >= 11 is 0. The van der Waals surface area contributed by atoms with E-state index in [-0.39, 0.29) is 50.7 Å². The summed E-state index contributed by atoms with van der Waals surface area (Å²) in [4.78, 5) is 13.3. The zero-order valence-corrected chi connectivity index (χ0v) is 28.9. The zero-order valence-electron chi connectivity index (χ0n) is 28.9. The number of allylic oxidation sites excluding steroid dienone is 1. The number of rotatable bonds is 7. The predicted octanol–water partition coefficient (Wildman–Crippen LogP) is 6.48. The van der Waals surface area contributed by atoms with Crippen molar-refractivity contribution in [3.05, 3.63) is 11.6 Å². The summed E-state index contributed by atoms with van der Waals surface area (Å²) < 4.78 is 25.4. The van der Waals surface area contributed by atoms with E-state index >= 15 is 0 Å². The lowest BCUT2D eigenvalue weighted by atomic mass is 9.34. The molecular weight excluding hydrogens is 554 g/mol. The van der Waals surface area contributed by atoms with Gasteiger partial charge in [0.25, 0.3) is 0 Å². The van der Waals surface area contributed by atoms with Crippen LogP contribution >= 0.6 is 0 Å². The third-order valence-corrected chi connectivity index (χ3v) is 15.4. The van der Waals surface area contributed by atoms with Crippen LogP contribution in [0.15, 0.2) is 11.6 Å². The molecule has 0 aromatic carbocycles. The Balaban J connectivity index is 1.36. The Morgan fingerprint density at radius 2 is 1.73 bits per heavy atom. The molecule has 0 unspecified atom stereocenters. The summed E-state index contributed by atoms with van der Waals surface area (Å²) in [6.45, 7) is 19.5. The quantitative estimate of drug-likeness (QED) is 0.316. The second kappa shape index (κ2) is 11.0. The van der Waals surface area contributed by atoms with Crippen LogP contribution in [0.1, 0.15) is 99.8 Å². The number of carboxylic acids is 1. The fourth-order valence-electron chi connectivity index (χ4n) is 12.3. The standard InChI is InChI=1S/C37H61NO6/c1-23(2)24(3)32(4)13-14-34(6)25-9-10-28-33(5)20-43-22-37(28,26(25)11-12-35(34,7)29(32)31(39)40)19-27(41-8)30(33)44-21-36(38)15-17-42-18-16-36/h11,23-25,27-30H,9-10,12-22,38H2,1-8H3,(H,39,40)/t24-,25+,27-,28+,29-,30+,32-,33-,34-,35+,37+/m1/s1. The maximum absolute atomic E-state index is 13.3. The van der Waals surface area contributed by atoms with Crippen molar-refractivity contribution in [1.29, 1.82) is 0 Å². The molecule has 44 heavy (non-hydrogen) atoms. The van der Waals surface area contributed by atoms with E-state index in [9.17, 15) is 9.90 Å². The molecule has 3 saturated carbocycles. The molecule has 0 spiro atoms. The maximum atomic E-state index is 13.3. The van der Waals surface area contributed by atoms with E-state index < -0.39 is 5.97 Å². The molecule has 6 aliphatic rings. The Hall–Kier alpha value is -0.990. The lowest BCUT2D eigenvalue weighted by Gasteiger charge is -2.71. The van der Waals surface area contributed by atoms with E-state index in [1.807, 2.05) is 7.11 Å². The number of nitrogens with two attached hydrogens (primary N) is 1. The smallest absolute Gasteiger partial charge is 0.307 e. The summed E-state index contributed by atoms with van der Waals surface area (Å²) in [6, 6.07) is 0. The number of aliphatic carboxylic acids is 1. The van der Waals surface area contributed by atoms with Gasteiger partial charge in [0.2, 0.25) is 0 Å². The van der Waals surface area contributed by atoms with Crippen molar-refractivity contribution in [2.24, 2.45) is 62.4 Å². The van der Waals surface area contributed by atoms with Crippen molar-refractivity contribution in [1.82, 2.24) is 0 Å². The number of hydrogen-bond acceptors (Lipinski definition) is 6. The van der Waals surface area contributed by atoms with Gasteiger partial charge in [0.1, 0.15) is 0 Å². The number of carboxylic acid groups (broad SMARTS) is 1. The number of fused-ring (bicyclic) bond motifs is 3. The predicted molar refractivity (Wildman–Crippen MR) is 171 cm³/mol. The van der Waals surface area contributed by atoms with Crippen molar-refractivity contribution in [3.63, 3.8) is 0 Å². The molecule has 2 aliphatic heterocycles. The molecular formula is C37H61NO6. The Labute approximate surface area is 266 Å². The highest BCUT2D eigenvalue weighted by Crippen LogP contribution is 2.75. The summed E-state index contributed by atoms with van der Waals surface area (Å²) in [7, 11) is 1.84. The van der Waals surface area contributed by atoms with E-state index in [2.05, 4.69) is 54.5 Å². The summed E-state index contributed by atoms with van der Waals surface area (Å²) in [5.74, 6) is 0.586. The molecule has 6 rings (SSSR count).